The summed E-state index contributed by atoms with van der Waals surface area (Å²) in [5, 5.41) is 12.2. The number of nitrogens with one attached hydrogen (secondary N) is 1. The number of carboxylic acids is 1. The van der Waals surface area contributed by atoms with Crippen LogP contribution in [0.2, 0.25) is 0 Å². The molecule has 0 unspecified atom stereocenters. The monoisotopic (exact) mass is 258 g/mol. The Balaban J connectivity index is 2.12. The smallest absolute Gasteiger partial charge is 0.335 e. The van der Waals surface area contributed by atoms with E-state index in [2.05, 4.69) is 29.8 Å². The van der Waals surface area contributed by atoms with Crippen LogP contribution in [0.25, 0.3) is 0 Å². The summed E-state index contributed by atoms with van der Waals surface area (Å²) in [6.45, 7) is 4.84. The summed E-state index contributed by atoms with van der Waals surface area (Å²) in [5.41, 5.74) is 4.78. The third-order valence-electron chi connectivity index (χ3n) is 3.47. The Morgan fingerprint density at radius 1 is 1.32 bits per heavy atom. The number of aryl methyl sites for hydroxylation is 1. The van der Waals surface area contributed by atoms with Crippen molar-refractivity contribution in [3.63, 3.8) is 0 Å². The number of carbonyl (C=O) groups is 1. The highest BCUT2D eigenvalue weighted by atomic mass is 16.4. The first-order valence-electron chi connectivity index (χ1n) is 6.18. The Morgan fingerprint density at radius 3 is 2.63 bits per heavy atom. The van der Waals surface area contributed by atoms with E-state index in [-0.39, 0.29) is 0 Å². The van der Waals surface area contributed by atoms with Gasteiger partial charge in [-0.25, -0.2) is 4.79 Å². The molecule has 0 fully saturated rings. The number of benzene rings is 1. The highest BCUT2D eigenvalue weighted by molar-refractivity contribution is 5.88. The zero-order valence-corrected chi connectivity index (χ0v) is 11.4. The van der Waals surface area contributed by atoms with Crippen LogP contribution in [-0.2, 0) is 13.6 Å². The summed E-state index contributed by atoms with van der Waals surface area (Å²) in [7, 11) is 2.04. The Bertz CT molecular complexity index is 615. The van der Waals surface area contributed by atoms with Crippen molar-refractivity contribution in [2.24, 2.45) is 7.05 Å². The number of aromatic nitrogens is 1. The van der Waals surface area contributed by atoms with Gasteiger partial charge in [0.15, 0.2) is 0 Å². The van der Waals surface area contributed by atoms with Crippen LogP contribution in [0, 0.1) is 13.8 Å². The van der Waals surface area contributed by atoms with Crippen LogP contribution in [0.5, 0.6) is 0 Å². The molecule has 2 N–H and O–H groups in total. The predicted molar refractivity (Wildman–Crippen MR) is 75.6 cm³/mol. The first-order chi connectivity index (χ1) is 8.99. The zero-order chi connectivity index (χ0) is 14.0. The number of hydrogen-bond acceptors (Lipinski definition) is 2. The van der Waals surface area contributed by atoms with Crippen LogP contribution in [-0.4, -0.2) is 15.6 Å². The average molecular weight is 258 g/mol. The topological polar surface area (TPSA) is 54.3 Å². The highest BCUT2D eigenvalue weighted by Crippen LogP contribution is 2.16. The summed E-state index contributed by atoms with van der Waals surface area (Å²) >= 11 is 0. The van der Waals surface area contributed by atoms with Crippen molar-refractivity contribution in [3.05, 3.63) is 52.8 Å². The lowest BCUT2D eigenvalue weighted by atomic mass is 10.2. The molecule has 0 atom stereocenters. The van der Waals surface area contributed by atoms with Crippen molar-refractivity contribution in [1.82, 2.24) is 4.57 Å². The number of rotatable bonds is 4. The summed E-state index contributed by atoms with van der Waals surface area (Å²) in [6, 6.07) is 8.99. The lowest BCUT2D eigenvalue weighted by Crippen LogP contribution is -2.03. The third-order valence-corrected chi connectivity index (χ3v) is 3.47. The second-order valence-corrected chi connectivity index (χ2v) is 4.69. The van der Waals surface area contributed by atoms with Crippen LogP contribution in [0.15, 0.2) is 30.3 Å². The molecule has 19 heavy (non-hydrogen) atoms. The average Bonchev–Trinajstić information content (AvgIpc) is 2.64. The van der Waals surface area contributed by atoms with Crippen molar-refractivity contribution in [2.45, 2.75) is 20.4 Å². The van der Waals surface area contributed by atoms with E-state index in [1.807, 2.05) is 13.1 Å². The largest absolute Gasteiger partial charge is 0.478 e. The number of aromatic carboxylic acids is 1. The molecule has 0 radical (unpaired) electrons. The maximum atomic E-state index is 10.9. The van der Waals surface area contributed by atoms with Crippen molar-refractivity contribution in [3.8, 4) is 0 Å². The fourth-order valence-electron chi connectivity index (χ4n) is 2.07. The summed E-state index contributed by atoms with van der Waals surface area (Å²) in [4.78, 5) is 10.9. The molecule has 2 rings (SSSR count). The molecule has 1 heterocycles. The normalized spacial score (nSPS) is 10.5. The molecule has 0 aliphatic carbocycles. The van der Waals surface area contributed by atoms with Gasteiger partial charge in [-0.3, -0.25) is 0 Å². The maximum Gasteiger partial charge on any atom is 0.335 e. The van der Waals surface area contributed by atoms with Gasteiger partial charge in [0, 0.05) is 30.7 Å². The minimum absolute atomic E-state index is 0.297. The number of nitrogens with zero attached hydrogens (tertiary/aromatic N) is 1. The molecular weight excluding hydrogens is 240 g/mol. The molecular formula is C15H18N2O2. The van der Waals surface area contributed by atoms with Gasteiger partial charge in [-0.1, -0.05) is 6.07 Å². The van der Waals surface area contributed by atoms with Gasteiger partial charge in [0.2, 0.25) is 0 Å². The van der Waals surface area contributed by atoms with E-state index in [0.717, 1.165) is 5.69 Å². The van der Waals surface area contributed by atoms with Crippen molar-refractivity contribution < 1.29 is 9.90 Å². The van der Waals surface area contributed by atoms with E-state index in [1.165, 1.54) is 17.0 Å². The Kier molecular flexibility index (Phi) is 3.60. The first kappa shape index (κ1) is 13.2. The molecule has 1 aromatic heterocycles. The highest BCUT2D eigenvalue weighted by Gasteiger charge is 2.07. The van der Waals surface area contributed by atoms with Crippen LogP contribution in [0.4, 0.5) is 5.69 Å². The number of carboxylic acid groups (broad SMARTS) is 1. The van der Waals surface area contributed by atoms with Gasteiger partial charge in [-0.15, -0.1) is 0 Å². The second kappa shape index (κ2) is 5.18. The minimum atomic E-state index is -0.907. The van der Waals surface area contributed by atoms with E-state index >= 15 is 0 Å². The van der Waals surface area contributed by atoms with Gasteiger partial charge in [-0.2, -0.15) is 0 Å². The van der Waals surface area contributed by atoms with Crippen LogP contribution < -0.4 is 5.32 Å². The molecule has 4 nitrogen and oxygen atoms in total. The lowest BCUT2D eigenvalue weighted by molar-refractivity contribution is 0.0697. The fraction of sp³-hybridized carbons (Fsp3) is 0.267. The number of anilines is 1. The van der Waals surface area contributed by atoms with Crippen molar-refractivity contribution in [2.75, 3.05) is 5.32 Å². The van der Waals surface area contributed by atoms with Crippen LogP contribution in [0.3, 0.4) is 0 Å². The third kappa shape index (κ3) is 2.78. The quantitative estimate of drug-likeness (QED) is 0.886. The van der Waals surface area contributed by atoms with E-state index in [4.69, 9.17) is 5.11 Å². The van der Waals surface area contributed by atoms with Crippen LogP contribution in [0.1, 0.15) is 27.3 Å². The molecule has 100 valence electrons. The standard InChI is InChI=1S/C15H18N2O2/c1-10-7-13(11(2)17(10)3)9-16-14-6-4-5-12(8-14)15(18)19/h4-8,16H,9H2,1-3H3,(H,18,19). The van der Waals surface area contributed by atoms with Gasteiger partial charge in [-0.05, 0) is 43.7 Å². The van der Waals surface area contributed by atoms with Gasteiger partial charge in [0.25, 0.3) is 0 Å². The Labute approximate surface area is 112 Å². The lowest BCUT2D eigenvalue weighted by Gasteiger charge is -2.07. The Hall–Kier alpha value is -2.23. The molecule has 0 saturated carbocycles. The molecule has 0 bridgehead atoms. The number of hydrogen-bond donors (Lipinski definition) is 2. The first-order valence-corrected chi connectivity index (χ1v) is 6.18. The maximum absolute atomic E-state index is 10.9. The molecule has 0 spiro atoms. The van der Waals surface area contributed by atoms with Gasteiger partial charge < -0.3 is 15.0 Å². The minimum Gasteiger partial charge on any atom is -0.478 e. The van der Waals surface area contributed by atoms with Gasteiger partial charge in [0.1, 0.15) is 0 Å². The van der Waals surface area contributed by atoms with Crippen molar-refractivity contribution in [1.29, 1.82) is 0 Å². The summed E-state index contributed by atoms with van der Waals surface area (Å²) in [6.07, 6.45) is 0. The fourth-order valence-corrected chi connectivity index (χ4v) is 2.07. The molecule has 2 aromatic rings. The molecule has 1 aromatic carbocycles. The van der Waals surface area contributed by atoms with E-state index in [1.54, 1.807) is 18.2 Å². The molecule has 0 amide bonds. The molecule has 4 heteroatoms. The van der Waals surface area contributed by atoms with Crippen LogP contribution >= 0.6 is 0 Å². The second-order valence-electron chi connectivity index (χ2n) is 4.69. The zero-order valence-electron chi connectivity index (χ0n) is 11.4. The van der Waals surface area contributed by atoms with Crippen molar-refractivity contribution >= 4 is 11.7 Å². The molecule has 0 aliphatic heterocycles. The summed E-state index contributed by atoms with van der Waals surface area (Å²) in [5.74, 6) is -0.907. The Morgan fingerprint density at radius 2 is 2.05 bits per heavy atom. The van der Waals surface area contributed by atoms with E-state index in [9.17, 15) is 4.79 Å². The summed E-state index contributed by atoms with van der Waals surface area (Å²) < 4.78 is 2.14. The SMILES string of the molecule is Cc1cc(CNc2cccc(C(=O)O)c2)c(C)n1C. The molecule has 0 saturated heterocycles. The van der Waals surface area contributed by atoms with E-state index in [0.29, 0.717) is 12.1 Å². The van der Waals surface area contributed by atoms with Gasteiger partial charge >= 0.3 is 5.97 Å². The van der Waals surface area contributed by atoms with E-state index < -0.39 is 5.97 Å². The molecule has 0 aliphatic rings. The van der Waals surface area contributed by atoms with Gasteiger partial charge in [0.05, 0.1) is 5.56 Å². The predicted octanol–water partition coefficient (Wildman–Crippen LogP) is 2.95.